The lowest BCUT2D eigenvalue weighted by atomic mass is 10.0. The molecule has 0 bridgehead atoms. The highest BCUT2D eigenvalue weighted by Crippen LogP contribution is 2.32. The van der Waals surface area contributed by atoms with Crippen LogP contribution in [0.3, 0.4) is 0 Å². The van der Waals surface area contributed by atoms with Crippen molar-refractivity contribution in [2.24, 2.45) is 12.1 Å². The maximum atomic E-state index is 14.3. The summed E-state index contributed by atoms with van der Waals surface area (Å²) in [4.78, 5) is 18.6. The molecule has 34 heavy (non-hydrogen) atoms. The largest absolute Gasteiger partial charge is 0.483 e. The van der Waals surface area contributed by atoms with Crippen LogP contribution in [0, 0.1) is 23.0 Å². The second kappa shape index (κ2) is 8.55. The van der Waals surface area contributed by atoms with Gasteiger partial charge in [-0.25, -0.2) is 18.6 Å². The van der Waals surface area contributed by atoms with Crippen molar-refractivity contribution in [2.45, 2.75) is 18.6 Å². The van der Waals surface area contributed by atoms with Crippen molar-refractivity contribution in [2.75, 3.05) is 13.1 Å². The molecule has 2 aliphatic heterocycles. The van der Waals surface area contributed by atoms with E-state index in [-0.39, 0.29) is 30.4 Å². The van der Waals surface area contributed by atoms with Gasteiger partial charge in [-0.3, -0.25) is 9.67 Å². The molecule has 0 saturated carbocycles. The number of rotatable bonds is 4. The third kappa shape index (κ3) is 3.94. The lowest BCUT2D eigenvalue weighted by Gasteiger charge is -2.41. The molecule has 1 atom stereocenters. The zero-order valence-electron chi connectivity index (χ0n) is 18.1. The highest BCUT2D eigenvalue weighted by Gasteiger charge is 2.39. The Balaban J connectivity index is 1.25. The van der Waals surface area contributed by atoms with E-state index >= 15 is 0 Å². The molecule has 1 saturated heterocycles. The predicted octanol–water partition coefficient (Wildman–Crippen LogP) is 3.25. The second-order valence-corrected chi connectivity index (χ2v) is 8.05. The van der Waals surface area contributed by atoms with E-state index < -0.39 is 23.8 Å². The van der Waals surface area contributed by atoms with Gasteiger partial charge >= 0.3 is 6.03 Å². The van der Waals surface area contributed by atoms with Crippen LogP contribution in [-0.2, 0) is 7.05 Å². The van der Waals surface area contributed by atoms with Gasteiger partial charge in [-0.2, -0.15) is 15.5 Å². The Kier molecular flexibility index (Phi) is 5.41. The minimum Gasteiger partial charge on any atom is -0.483 e. The molecule has 0 N–H and O–H groups in total. The lowest BCUT2D eigenvalue weighted by molar-refractivity contribution is 0.0257. The van der Waals surface area contributed by atoms with Crippen LogP contribution in [0.2, 0.25) is 0 Å². The van der Waals surface area contributed by atoms with Crippen LogP contribution in [0.4, 0.5) is 13.6 Å². The van der Waals surface area contributed by atoms with Crippen LogP contribution in [0.25, 0.3) is 11.4 Å². The third-order valence-electron chi connectivity index (χ3n) is 5.78. The number of hydrogen-bond acceptors (Lipinski definition) is 6. The first-order valence-corrected chi connectivity index (χ1v) is 10.5. The molecule has 2 amide bonds. The summed E-state index contributed by atoms with van der Waals surface area (Å²) in [7, 11) is 1.76. The number of hydrazone groups is 1. The van der Waals surface area contributed by atoms with Crippen LogP contribution in [0.1, 0.15) is 23.6 Å². The Morgan fingerprint density at radius 1 is 1.24 bits per heavy atom. The Hall–Kier alpha value is -4.33. The van der Waals surface area contributed by atoms with E-state index in [0.717, 1.165) is 12.3 Å². The molecule has 1 fully saturated rings. The maximum absolute atomic E-state index is 14.3. The molecule has 0 unspecified atom stereocenters. The highest BCUT2D eigenvalue weighted by molar-refractivity contribution is 5.79. The summed E-state index contributed by atoms with van der Waals surface area (Å²) in [6.45, 7) is 0.486. The van der Waals surface area contributed by atoms with Gasteiger partial charge in [0.05, 0.1) is 48.3 Å². The molecular formula is C23H19F2N7O2. The van der Waals surface area contributed by atoms with Gasteiger partial charge in [0, 0.05) is 31.9 Å². The van der Waals surface area contributed by atoms with E-state index in [4.69, 9.17) is 10.00 Å². The second-order valence-electron chi connectivity index (χ2n) is 8.05. The van der Waals surface area contributed by atoms with Crippen molar-refractivity contribution in [1.82, 2.24) is 24.7 Å². The van der Waals surface area contributed by atoms with E-state index in [2.05, 4.69) is 15.2 Å². The van der Waals surface area contributed by atoms with Crippen molar-refractivity contribution in [3.8, 4) is 23.2 Å². The molecule has 2 aliphatic rings. The SMILES string of the molecule is Cn1nccc1-c1cc(OC2CN(C(=O)N3N=CC[C@H]3c3cc(F)cc(C#N)c3)C2)c(F)cn1. The molecule has 11 heteroatoms. The molecule has 5 rings (SSSR count). The first kappa shape index (κ1) is 21.5. The van der Waals surface area contributed by atoms with Gasteiger partial charge in [0.1, 0.15) is 11.9 Å². The van der Waals surface area contributed by atoms with E-state index in [1.54, 1.807) is 36.3 Å². The van der Waals surface area contributed by atoms with Gasteiger partial charge < -0.3 is 9.64 Å². The molecule has 3 aromatic rings. The molecule has 2 aromatic heterocycles. The monoisotopic (exact) mass is 463 g/mol. The number of nitriles is 1. The topological polar surface area (TPSA) is 99.6 Å². The summed E-state index contributed by atoms with van der Waals surface area (Å²) in [6, 6.07) is 8.31. The van der Waals surface area contributed by atoms with Crippen LogP contribution in [-0.4, -0.2) is 56.1 Å². The van der Waals surface area contributed by atoms with E-state index in [0.29, 0.717) is 23.4 Å². The highest BCUT2D eigenvalue weighted by atomic mass is 19.1. The molecule has 0 spiro atoms. The molecule has 1 aromatic carbocycles. The van der Waals surface area contributed by atoms with Gasteiger partial charge in [-0.15, -0.1) is 0 Å². The third-order valence-corrected chi connectivity index (χ3v) is 5.78. The molecule has 4 heterocycles. The summed E-state index contributed by atoms with van der Waals surface area (Å²) in [5, 5.41) is 18.6. The number of carbonyl (C=O) groups is 1. The summed E-state index contributed by atoms with van der Waals surface area (Å²) in [5.74, 6) is -1.10. The Labute approximate surface area is 193 Å². The maximum Gasteiger partial charge on any atom is 0.341 e. The summed E-state index contributed by atoms with van der Waals surface area (Å²) in [6.07, 6.45) is 4.31. The van der Waals surface area contributed by atoms with Crippen molar-refractivity contribution < 1.29 is 18.3 Å². The Morgan fingerprint density at radius 3 is 2.79 bits per heavy atom. The molecular weight excluding hydrogens is 444 g/mol. The van der Waals surface area contributed by atoms with Crippen molar-refractivity contribution in [3.05, 3.63) is 65.5 Å². The van der Waals surface area contributed by atoms with Crippen LogP contribution in [0.15, 0.2) is 47.8 Å². The normalized spacial score (nSPS) is 17.5. The number of ether oxygens (including phenoxy) is 1. The number of halogens is 2. The fraction of sp³-hybridized carbons (Fsp3) is 0.261. The van der Waals surface area contributed by atoms with Gasteiger partial charge in [0.15, 0.2) is 11.6 Å². The number of nitrogens with zero attached hydrogens (tertiary/aromatic N) is 7. The zero-order valence-corrected chi connectivity index (χ0v) is 18.1. The Bertz CT molecular complexity index is 1330. The summed E-state index contributed by atoms with van der Waals surface area (Å²) in [5.41, 5.74) is 1.91. The van der Waals surface area contributed by atoms with Gasteiger partial charge in [0.2, 0.25) is 0 Å². The number of aryl methyl sites for hydroxylation is 1. The van der Waals surface area contributed by atoms with Gasteiger partial charge in [0.25, 0.3) is 0 Å². The number of hydrogen-bond donors (Lipinski definition) is 0. The number of amides is 2. The molecule has 9 nitrogen and oxygen atoms in total. The summed E-state index contributed by atoms with van der Waals surface area (Å²) < 4.78 is 35.6. The lowest BCUT2D eigenvalue weighted by Crippen LogP contribution is -2.58. The van der Waals surface area contributed by atoms with Crippen LogP contribution < -0.4 is 4.74 Å². The van der Waals surface area contributed by atoms with Crippen molar-refractivity contribution in [3.63, 3.8) is 0 Å². The minimum atomic E-state index is -0.598. The average molecular weight is 463 g/mol. The van der Waals surface area contributed by atoms with E-state index in [9.17, 15) is 13.6 Å². The number of aromatic nitrogens is 3. The number of urea groups is 1. The van der Waals surface area contributed by atoms with Gasteiger partial charge in [-0.05, 0) is 29.8 Å². The number of benzene rings is 1. The summed E-state index contributed by atoms with van der Waals surface area (Å²) >= 11 is 0. The van der Waals surface area contributed by atoms with Gasteiger partial charge in [-0.1, -0.05) is 0 Å². The van der Waals surface area contributed by atoms with Crippen LogP contribution >= 0.6 is 0 Å². The van der Waals surface area contributed by atoms with Crippen LogP contribution in [0.5, 0.6) is 5.75 Å². The first-order valence-electron chi connectivity index (χ1n) is 10.5. The molecule has 0 radical (unpaired) electrons. The number of carbonyl (C=O) groups excluding carboxylic acids is 1. The van der Waals surface area contributed by atoms with E-state index in [1.165, 1.54) is 22.0 Å². The number of likely N-dealkylation sites (tertiary alicyclic amines) is 1. The fourth-order valence-corrected chi connectivity index (χ4v) is 4.01. The molecule has 172 valence electrons. The standard InChI is InChI=1S/C23H19F2N7O2/c1-30-21(3-4-28-30)19-9-22(18(25)11-27-19)34-17-12-31(13-17)23(33)32-20(2-5-29-32)15-6-14(10-26)7-16(24)8-15/h3-9,11,17,20H,2,12-13H2,1H3/t20-/m0/s1. The van der Waals surface area contributed by atoms with Crippen molar-refractivity contribution in [1.29, 1.82) is 5.26 Å². The average Bonchev–Trinajstić information content (AvgIpc) is 3.45. The molecule has 0 aliphatic carbocycles. The van der Waals surface area contributed by atoms with Crippen molar-refractivity contribution >= 4 is 12.2 Å². The van der Waals surface area contributed by atoms with E-state index in [1.807, 2.05) is 6.07 Å². The predicted molar refractivity (Wildman–Crippen MR) is 117 cm³/mol. The minimum absolute atomic E-state index is 0.0455. The fourth-order valence-electron chi connectivity index (χ4n) is 4.01. The number of pyridine rings is 1. The smallest absolute Gasteiger partial charge is 0.341 e. The quantitative estimate of drug-likeness (QED) is 0.592. The first-order chi connectivity index (χ1) is 16.4. The zero-order chi connectivity index (χ0) is 23.8. The Morgan fingerprint density at radius 2 is 2.06 bits per heavy atom.